The van der Waals surface area contributed by atoms with Crippen molar-refractivity contribution in [3.63, 3.8) is 0 Å². The van der Waals surface area contributed by atoms with Gasteiger partial charge in [-0.1, -0.05) is 18.9 Å². The number of phenolic OH excluding ortho intramolecular Hbond substituents is 1. The van der Waals surface area contributed by atoms with Crippen LogP contribution in [0.5, 0.6) is 5.75 Å². The summed E-state index contributed by atoms with van der Waals surface area (Å²) in [6, 6.07) is 5.55. The molecule has 0 radical (unpaired) electrons. The van der Waals surface area contributed by atoms with Gasteiger partial charge in [-0.05, 0) is 54.4 Å². The van der Waals surface area contributed by atoms with Gasteiger partial charge in [0.05, 0.1) is 0 Å². The Labute approximate surface area is 119 Å². The molecule has 0 aromatic heterocycles. The van der Waals surface area contributed by atoms with E-state index in [1.54, 1.807) is 6.07 Å². The van der Waals surface area contributed by atoms with Gasteiger partial charge in [0.15, 0.2) is 0 Å². The van der Waals surface area contributed by atoms with Gasteiger partial charge in [-0.15, -0.1) is 0 Å². The molecule has 106 valence electrons. The molecule has 4 rings (SSSR count). The van der Waals surface area contributed by atoms with Crippen molar-refractivity contribution in [1.29, 1.82) is 0 Å². The van der Waals surface area contributed by atoms with Crippen LogP contribution in [-0.4, -0.2) is 22.5 Å². The molecule has 2 aliphatic carbocycles. The van der Waals surface area contributed by atoms with Gasteiger partial charge in [0.25, 0.3) is 0 Å². The lowest BCUT2D eigenvalue weighted by atomic mass is 9.99. The Morgan fingerprint density at radius 3 is 2.65 bits per heavy atom. The molecule has 2 fully saturated rings. The third-order valence-corrected chi connectivity index (χ3v) is 5.46. The molecule has 3 aliphatic rings. The summed E-state index contributed by atoms with van der Waals surface area (Å²) in [7, 11) is 0. The van der Waals surface area contributed by atoms with E-state index < -0.39 is 0 Å². The summed E-state index contributed by atoms with van der Waals surface area (Å²) >= 11 is 0. The van der Waals surface area contributed by atoms with Crippen molar-refractivity contribution < 1.29 is 9.90 Å². The Morgan fingerprint density at radius 2 is 1.90 bits per heavy atom. The van der Waals surface area contributed by atoms with Crippen LogP contribution in [0.25, 0.3) is 0 Å². The van der Waals surface area contributed by atoms with Crippen molar-refractivity contribution in [2.75, 3.05) is 6.54 Å². The van der Waals surface area contributed by atoms with Crippen molar-refractivity contribution in [3.05, 3.63) is 29.3 Å². The average molecular weight is 271 g/mol. The lowest BCUT2D eigenvalue weighted by molar-refractivity contribution is -0.134. The zero-order valence-corrected chi connectivity index (χ0v) is 11.7. The Balaban J connectivity index is 1.49. The summed E-state index contributed by atoms with van der Waals surface area (Å²) in [5, 5.41) is 9.60. The Hall–Kier alpha value is -1.51. The summed E-state index contributed by atoms with van der Waals surface area (Å²) < 4.78 is 0. The average Bonchev–Trinajstić information content (AvgIpc) is 3.20. The summed E-state index contributed by atoms with van der Waals surface area (Å²) in [6.45, 7) is 1.52. The fraction of sp³-hybridized carbons (Fsp3) is 0.588. The van der Waals surface area contributed by atoms with Crippen molar-refractivity contribution in [2.24, 2.45) is 17.8 Å². The molecule has 1 N–H and O–H groups in total. The van der Waals surface area contributed by atoms with Gasteiger partial charge in [-0.25, -0.2) is 0 Å². The van der Waals surface area contributed by atoms with Crippen LogP contribution in [0, 0.1) is 17.8 Å². The quantitative estimate of drug-likeness (QED) is 0.853. The van der Waals surface area contributed by atoms with Crippen LogP contribution in [-0.2, 0) is 17.8 Å². The third kappa shape index (κ3) is 1.91. The maximum absolute atomic E-state index is 12.7. The van der Waals surface area contributed by atoms with Crippen molar-refractivity contribution in [3.8, 4) is 5.75 Å². The maximum Gasteiger partial charge on any atom is 0.226 e. The van der Waals surface area contributed by atoms with E-state index >= 15 is 0 Å². The highest BCUT2D eigenvalue weighted by Gasteiger charge is 2.55. The molecule has 3 heteroatoms. The minimum absolute atomic E-state index is 0.304. The predicted molar refractivity (Wildman–Crippen MR) is 76.2 cm³/mol. The van der Waals surface area contributed by atoms with E-state index in [2.05, 4.69) is 0 Å². The monoisotopic (exact) mass is 271 g/mol. The second kappa shape index (κ2) is 4.51. The highest BCUT2D eigenvalue weighted by Crippen LogP contribution is 2.56. The van der Waals surface area contributed by atoms with Crippen LogP contribution in [0.4, 0.5) is 0 Å². The molecular weight excluding hydrogens is 250 g/mol. The van der Waals surface area contributed by atoms with Gasteiger partial charge in [0.2, 0.25) is 5.91 Å². The van der Waals surface area contributed by atoms with E-state index in [0.29, 0.717) is 36.0 Å². The SMILES string of the molecule is O=C(C1C2CCCCC21)N1CCc2ccc(O)cc2C1. The molecule has 1 aliphatic heterocycles. The molecule has 1 heterocycles. The van der Waals surface area contributed by atoms with Gasteiger partial charge in [0, 0.05) is 19.0 Å². The number of fused-ring (bicyclic) bond motifs is 2. The first-order chi connectivity index (χ1) is 9.74. The first-order valence-corrected chi connectivity index (χ1v) is 7.83. The smallest absolute Gasteiger partial charge is 0.226 e. The molecule has 1 amide bonds. The summed E-state index contributed by atoms with van der Waals surface area (Å²) in [6.07, 6.45) is 6.05. The fourth-order valence-corrected chi connectivity index (χ4v) is 4.30. The Kier molecular flexibility index (Phi) is 2.76. The molecule has 0 spiro atoms. The van der Waals surface area contributed by atoms with E-state index in [4.69, 9.17) is 0 Å². The summed E-state index contributed by atoms with van der Waals surface area (Å²) in [4.78, 5) is 14.7. The predicted octanol–water partition coefficient (Wildman–Crippen LogP) is 2.71. The summed E-state index contributed by atoms with van der Waals surface area (Å²) in [5.41, 5.74) is 2.40. The first-order valence-electron chi connectivity index (χ1n) is 7.83. The lowest BCUT2D eigenvalue weighted by Crippen LogP contribution is -2.37. The van der Waals surface area contributed by atoms with E-state index in [1.165, 1.54) is 31.2 Å². The zero-order chi connectivity index (χ0) is 13.7. The van der Waals surface area contributed by atoms with Gasteiger partial charge in [-0.3, -0.25) is 4.79 Å². The Bertz CT molecular complexity index is 542. The van der Waals surface area contributed by atoms with Gasteiger partial charge in [0.1, 0.15) is 5.75 Å². The van der Waals surface area contributed by atoms with Crippen LogP contribution >= 0.6 is 0 Å². The second-order valence-electron chi connectivity index (χ2n) is 6.60. The minimum atomic E-state index is 0.304. The normalized spacial score (nSPS) is 31.4. The lowest BCUT2D eigenvalue weighted by Gasteiger charge is -2.29. The molecule has 2 unspecified atom stereocenters. The summed E-state index contributed by atoms with van der Waals surface area (Å²) in [5.74, 6) is 2.36. The van der Waals surface area contributed by atoms with Gasteiger partial charge < -0.3 is 10.0 Å². The number of phenols is 1. The van der Waals surface area contributed by atoms with Gasteiger partial charge >= 0.3 is 0 Å². The standard InChI is InChI=1S/C17H21NO2/c19-13-6-5-11-7-8-18(10-12(11)9-13)17(20)16-14-3-1-2-4-15(14)16/h5-6,9,14-16,19H,1-4,7-8,10H2. The zero-order valence-electron chi connectivity index (χ0n) is 11.7. The van der Waals surface area contributed by atoms with Gasteiger partial charge in [-0.2, -0.15) is 0 Å². The number of nitrogens with zero attached hydrogens (tertiary/aromatic N) is 1. The van der Waals surface area contributed by atoms with Crippen molar-refractivity contribution >= 4 is 5.91 Å². The van der Waals surface area contributed by atoms with E-state index in [0.717, 1.165) is 18.5 Å². The fourth-order valence-electron chi connectivity index (χ4n) is 4.30. The van der Waals surface area contributed by atoms with E-state index in [1.807, 2.05) is 17.0 Å². The Morgan fingerprint density at radius 1 is 1.15 bits per heavy atom. The number of hydrogen-bond donors (Lipinski definition) is 1. The van der Waals surface area contributed by atoms with E-state index in [9.17, 15) is 9.90 Å². The maximum atomic E-state index is 12.7. The number of carbonyl (C=O) groups excluding carboxylic acids is 1. The molecular formula is C17H21NO2. The third-order valence-electron chi connectivity index (χ3n) is 5.46. The molecule has 1 aromatic carbocycles. The number of rotatable bonds is 1. The molecule has 3 nitrogen and oxygen atoms in total. The highest BCUT2D eigenvalue weighted by molar-refractivity contribution is 5.82. The van der Waals surface area contributed by atoms with Crippen LogP contribution in [0.1, 0.15) is 36.8 Å². The number of carbonyl (C=O) groups is 1. The van der Waals surface area contributed by atoms with Crippen molar-refractivity contribution in [1.82, 2.24) is 4.90 Å². The molecule has 20 heavy (non-hydrogen) atoms. The number of amides is 1. The molecule has 1 aromatic rings. The minimum Gasteiger partial charge on any atom is -0.508 e. The first kappa shape index (κ1) is 12.2. The van der Waals surface area contributed by atoms with Crippen molar-refractivity contribution in [2.45, 2.75) is 38.6 Å². The van der Waals surface area contributed by atoms with Crippen LogP contribution in [0.3, 0.4) is 0 Å². The number of hydrogen-bond acceptors (Lipinski definition) is 2. The molecule has 2 atom stereocenters. The van der Waals surface area contributed by atoms with Crippen LogP contribution < -0.4 is 0 Å². The number of benzene rings is 1. The topological polar surface area (TPSA) is 40.5 Å². The second-order valence-corrected chi connectivity index (χ2v) is 6.60. The molecule has 0 bridgehead atoms. The molecule has 0 saturated heterocycles. The highest BCUT2D eigenvalue weighted by atomic mass is 16.3. The van der Waals surface area contributed by atoms with Crippen LogP contribution in [0.15, 0.2) is 18.2 Å². The van der Waals surface area contributed by atoms with Crippen LogP contribution in [0.2, 0.25) is 0 Å². The van der Waals surface area contributed by atoms with E-state index in [-0.39, 0.29) is 0 Å². The number of aromatic hydroxyl groups is 1. The molecule has 2 saturated carbocycles. The largest absolute Gasteiger partial charge is 0.508 e.